The maximum Gasteiger partial charge on any atom is 0.312 e. The van der Waals surface area contributed by atoms with E-state index in [2.05, 4.69) is 9.62 Å². The molecule has 1 fully saturated rings. The van der Waals surface area contributed by atoms with Gasteiger partial charge in [0.25, 0.3) is 0 Å². The fourth-order valence-corrected chi connectivity index (χ4v) is 4.24. The Morgan fingerprint density at radius 1 is 1.28 bits per heavy atom. The van der Waals surface area contributed by atoms with Crippen molar-refractivity contribution < 1.29 is 22.8 Å². The predicted molar refractivity (Wildman–Crippen MR) is 106 cm³/mol. The van der Waals surface area contributed by atoms with Crippen LogP contribution in [0.3, 0.4) is 0 Å². The summed E-state index contributed by atoms with van der Waals surface area (Å²) in [4.78, 5) is 12.5. The van der Waals surface area contributed by atoms with E-state index in [1.54, 1.807) is 0 Å². The number of nitrogens with zero attached hydrogens (tertiary/aromatic N) is 2. The Labute approximate surface area is 169 Å². The second-order valence-corrected chi connectivity index (χ2v) is 8.42. The van der Waals surface area contributed by atoms with E-state index in [-0.39, 0.29) is 23.3 Å². The Morgan fingerprint density at radius 2 is 2.03 bits per heavy atom. The van der Waals surface area contributed by atoms with Crippen molar-refractivity contribution in [2.45, 2.75) is 17.5 Å². The molecule has 10 heteroatoms. The minimum atomic E-state index is -3.93. The van der Waals surface area contributed by atoms with Gasteiger partial charge in [-0.15, -0.1) is 0 Å². The number of ether oxygens (including phenoxy) is 2. The van der Waals surface area contributed by atoms with Gasteiger partial charge in [0.05, 0.1) is 29.6 Å². The smallest absolute Gasteiger partial charge is 0.312 e. The highest BCUT2D eigenvalue weighted by Crippen LogP contribution is 2.29. The molecule has 0 aliphatic carbocycles. The fraction of sp³-hybridized carbons (Fsp3) is 0.368. The highest BCUT2D eigenvalue weighted by atomic mass is 32.2. The quantitative estimate of drug-likeness (QED) is 0.511. The van der Waals surface area contributed by atoms with E-state index in [1.165, 1.54) is 24.8 Å². The van der Waals surface area contributed by atoms with E-state index in [4.69, 9.17) is 9.47 Å². The van der Waals surface area contributed by atoms with Gasteiger partial charge in [0, 0.05) is 32.2 Å². The van der Waals surface area contributed by atoms with Crippen LogP contribution in [0.4, 0.5) is 5.69 Å². The fourth-order valence-electron chi connectivity index (χ4n) is 3.15. The molecule has 1 atom stereocenters. The van der Waals surface area contributed by atoms with Crippen LogP contribution in [0.15, 0.2) is 53.4 Å². The van der Waals surface area contributed by atoms with E-state index in [0.717, 1.165) is 19.2 Å². The molecule has 156 valence electrons. The van der Waals surface area contributed by atoms with Gasteiger partial charge in [0.1, 0.15) is 0 Å². The van der Waals surface area contributed by atoms with Crippen molar-refractivity contribution in [1.82, 2.24) is 9.62 Å². The Hall–Kier alpha value is -2.53. The summed E-state index contributed by atoms with van der Waals surface area (Å²) in [5.41, 5.74) is 0.776. The van der Waals surface area contributed by atoms with Crippen LogP contribution in [0.1, 0.15) is 5.56 Å². The monoisotopic (exact) mass is 421 g/mol. The predicted octanol–water partition coefficient (Wildman–Crippen LogP) is 1.78. The van der Waals surface area contributed by atoms with Crippen LogP contribution in [0.2, 0.25) is 0 Å². The molecule has 2 aromatic carbocycles. The van der Waals surface area contributed by atoms with Crippen molar-refractivity contribution in [2.75, 3.05) is 33.4 Å². The number of hydrogen-bond donors (Lipinski definition) is 1. The van der Waals surface area contributed by atoms with Gasteiger partial charge in [0.2, 0.25) is 10.0 Å². The molecular formula is C19H23N3O6S. The van der Waals surface area contributed by atoms with Crippen molar-refractivity contribution >= 4 is 15.7 Å². The van der Waals surface area contributed by atoms with Crippen molar-refractivity contribution in [3.63, 3.8) is 0 Å². The summed E-state index contributed by atoms with van der Waals surface area (Å²) in [6, 6.07) is 13.6. The Balaban J connectivity index is 1.62. The molecule has 3 rings (SSSR count). The number of rotatable bonds is 8. The molecule has 1 saturated heterocycles. The van der Waals surface area contributed by atoms with Gasteiger partial charge in [-0.25, -0.2) is 13.1 Å². The topological polar surface area (TPSA) is 111 Å². The van der Waals surface area contributed by atoms with Crippen LogP contribution in [-0.4, -0.2) is 57.7 Å². The number of morpholine rings is 1. The Morgan fingerprint density at radius 3 is 2.72 bits per heavy atom. The van der Waals surface area contributed by atoms with Crippen LogP contribution in [0, 0.1) is 10.1 Å². The zero-order valence-electron chi connectivity index (χ0n) is 16.0. The van der Waals surface area contributed by atoms with Crippen LogP contribution in [0.5, 0.6) is 5.75 Å². The first-order chi connectivity index (χ1) is 13.9. The van der Waals surface area contributed by atoms with Gasteiger partial charge < -0.3 is 9.47 Å². The summed E-state index contributed by atoms with van der Waals surface area (Å²) in [7, 11) is -2.64. The first-order valence-corrected chi connectivity index (χ1v) is 10.6. The lowest BCUT2D eigenvalue weighted by atomic mass is 10.2. The van der Waals surface area contributed by atoms with Gasteiger partial charge in [-0.05, 0) is 17.7 Å². The number of methoxy groups -OCH3 is 1. The van der Waals surface area contributed by atoms with E-state index >= 15 is 0 Å². The minimum absolute atomic E-state index is 0.00103. The Bertz CT molecular complexity index is 952. The van der Waals surface area contributed by atoms with E-state index < -0.39 is 20.6 Å². The van der Waals surface area contributed by atoms with Gasteiger partial charge in [-0.3, -0.25) is 15.0 Å². The zero-order valence-corrected chi connectivity index (χ0v) is 16.8. The highest BCUT2D eigenvalue weighted by Gasteiger charge is 2.25. The van der Waals surface area contributed by atoms with E-state index in [0.29, 0.717) is 13.2 Å². The van der Waals surface area contributed by atoms with Crippen molar-refractivity contribution in [3.8, 4) is 5.75 Å². The molecule has 1 aliphatic rings. The van der Waals surface area contributed by atoms with E-state index in [9.17, 15) is 18.5 Å². The summed E-state index contributed by atoms with van der Waals surface area (Å²) in [6.07, 6.45) is -0.310. The summed E-state index contributed by atoms with van der Waals surface area (Å²) >= 11 is 0. The molecule has 1 unspecified atom stereocenters. The number of hydrogen-bond acceptors (Lipinski definition) is 7. The second kappa shape index (κ2) is 9.31. The highest BCUT2D eigenvalue weighted by molar-refractivity contribution is 7.89. The third-order valence-corrected chi connectivity index (χ3v) is 6.05. The molecule has 2 aromatic rings. The zero-order chi connectivity index (χ0) is 20.9. The number of nitro groups is 1. The summed E-state index contributed by atoms with van der Waals surface area (Å²) in [5.74, 6) is 0.00103. The molecule has 0 spiro atoms. The maximum atomic E-state index is 12.6. The van der Waals surface area contributed by atoms with Crippen LogP contribution >= 0.6 is 0 Å². The largest absolute Gasteiger partial charge is 0.490 e. The SMILES string of the molecule is COc1ccc(S(=O)(=O)NCC2CN(Cc3ccccc3)CCO2)cc1[N+](=O)[O-]. The number of nitrogens with one attached hydrogen (secondary N) is 1. The average Bonchev–Trinajstić information content (AvgIpc) is 2.73. The number of nitro benzene ring substituents is 1. The van der Waals surface area contributed by atoms with Crippen molar-refractivity contribution in [3.05, 3.63) is 64.2 Å². The molecule has 1 aliphatic heterocycles. The lowest BCUT2D eigenvalue weighted by molar-refractivity contribution is -0.386. The molecule has 0 radical (unpaired) electrons. The summed E-state index contributed by atoms with van der Waals surface area (Å²) < 4.78 is 38.2. The normalized spacial score (nSPS) is 17.8. The lowest BCUT2D eigenvalue weighted by Gasteiger charge is -2.33. The molecule has 0 bridgehead atoms. The molecular weight excluding hydrogens is 398 g/mol. The maximum absolute atomic E-state index is 12.6. The summed E-state index contributed by atoms with van der Waals surface area (Å²) in [5, 5.41) is 11.1. The first kappa shape index (κ1) is 21.2. The minimum Gasteiger partial charge on any atom is -0.490 e. The standard InChI is InChI=1S/C19H23N3O6S/c1-27-19-8-7-17(11-18(19)22(23)24)29(25,26)20-12-16-14-21(9-10-28-16)13-15-5-3-2-4-6-15/h2-8,11,16,20H,9-10,12-14H2,1H3. The lowest BCUT2D eigenvalue weighted by Crippen LogP contribution is -2.47. The average molecular weight is 421 g/mol. The van der Waals surface area contributed by atoms with Crippen LogP contribution in [-0.2, 0) is 21.3 Å². The van der Waals surface area contributed by atoms with Crippen LogP contribution in [0.25, 0.3) is 0 Å². The summed E-state index contributed by atoms with van der Waals surface area (Å²) in [6.45, 7) is 2.70. The number of sulfonamides is 1. The van der Waals surface area contributed by atoms with Gasteiger partial charge in [-0.1, -0.05) is 30.3 Å². The van der Waals surface area contributed by atoms with Gasteiger partial charge in [0.15, 0.2) is 5.75 Å². The number of benzene rings is 2. The Kier molecular flexibility index (Phi) is 6.80. The molecule has 1 N–H and O–H groups in total. The molecule has 9 nitrogen and oxygen atoms in total. The molecule has 0 aromatic heterocycles. The molecule has 0 saturated carbocycles. The van der Waals surface area contributed by atoms with Gasteiger partial charge >= 0.3 is 5.69 Å². The van der Waals surface area contributed by atoms with Crippen molar-refractivity contribution in [2.24, 2.45) is 0 Å². The van der Waals surface area contributed by atoms with Gasteiger partial charge in [-0.2, -0.15) is 0 Å². The van der Waals surface area contributed by atoms with E-state index in [1.807, 2.05) is 30.3 Å². The molecule has 29 heavy (non-hydrogen) atoms. The second-order valence-electron chi connectivity index (χ2n) is 6.66. The van der Waals surface area contributed by atoms with Crippen LogP contribution < -0.4 is 9.46 Å². The first-order valence-electron chi connectivity index (χ1n) is 9.09. The molecule has 0 amide bonds. The third kappa shape index (κ3) is 5.51. The molecule has 1 heterocycles. The van der Waals surface area contributed by atoms with Crippen molar-refractivity contribution in [1.29, 1.82) is 0 Å². The third-order valence-electron chi connectivity index (χ3n) is 4.63.